The van der Waals surface area contributed by atoms with E-state index in [9.17, 15) is 14.4 Å². The Balaban J connectivity index is 1.41. The number of ketones is 1. The number of Topliss-reactive ketones (excluding diaryl/α,β-unsaturated/α-hetero) is 1. The molecule has 1 saturated carbocycles. The average Bonchev–Trinajstić information content (AvgIpc) is 3.47. The fourth-order valence-corrected chi connectivity index (χ4v) is 6.26. The Hall–Kier alpha value is -2.97. The van der Waals surface area contributed by atoms with Gasteiger partial charge in [0.15, 0.2) is 5.78 Å². The second-order valence-corrected chi connectivity index (χ2v) is 11.6. The van der Waals surface area contributed by atoms with Gasteiger partial charge < -0.3 is 19.7 Å². The van der Waals surface area contributed by atoms with Crippen LogP contribution in [-0.2, 0) is 16.1 Å². The van der Waals surface area contributed by atoms with Crippen LogP contribution in [0, 0.1) is 18.8 Å². The molecule has 0 bridgehead atoms. The number of likely N-dealkylation sites (N-methyl/N-ethyl adjacent to an activating group) is 2. The zero-order valence-corrected chi connectivity index (χ0v) is 23.9. The minimum Gasteiger partial charge on any atom is -0.355 e. The maximum atomic E-state index is 13.5. The minimum atomic E-state index is -0.0309. The maximum absolute atomic E-state index is 13.5. The standard InChI is InChI=1S/C30H40N4O3S/c1-5-33(24-8-6-7-21(2)17-24)29(36)20-34-25-13-16-38-28(25)19-26(34)27(35)18-22-9-11-23(12-10-22)30(37)31-14-15-32(3)4/h6-8,13,16-17,19,22-23H,5,9-12,14-15,18,20H2,1-4H3,(H,31,37). The van der Waals surface area contributed by atoms with Crippen LogP contribution in [0.5, 0.6) is 0 Å². The van der Waals surface area contributed by atoms with Gasteiger partial charge in [0.05, 0.1) is 15.9 Å². The number of nitrogens with one attached hydrogen (secondary N) is 1. The molecule has 1 fully saturated rings. The second-order valence-electron chi connectivity index (χ2n) is 10.7. The van der Waals surface area contributed by atoms with Gasteiger partial charge in [-0.3, -0.25) is 14.4 Å². The van der Waals surface area contributed by atoms with Crippen molar-refractivity contribution in [1.29, 1.82) is 0 Å². The highest BCUT2D eigenvalue weighted by molar-refractivity contribution is 7.17. The number of anilines is 1. The van der Waals surface area contributed by atoms with Crippen molar-refractivity contribution < 1.29 is 14.4 Å². The summed E-state index contributed by atoms with van der Waals surface area (Å²) in [7, 11) is 3.99. The van der Waals surface area contributed by atoms with E-state index in [1.54, 1.807) is 16.2 Å². The predicted molar refractivity (Wildman–Crippen MR) is 155 cm³/mol. The molecule has 2 heterocycles. The van der Waals surface area contributed by atoms with Crippen molar-refractivity contribution in [2.75, 3.05) is 38.6 Å². The number of aryl methyl sites for hydroxylation is 1. The van der Waals surface area contributed by atoms with E-state index >= 15 is 0 Å². The summed E-state index contributed by atoms with van der Waals surface area (Å²) in [6.45, 7) is 6.17. The zero-order valence-electron chi connectivity index (χ0n) is 23.0. The topological polar surface area (TPSA) is 74.6 Å². The summed E-state index contributed by atoms with van der Waals surface area (Å²) in [6, 6.07) is 11.9. The molecular weight excluding hydrogens is 496 g/mol. The highest BCUT2D eigenvalue weighted by Crippen LogP contribution is 2.33. The van der Waals surface area contributed by atoms with Crippen molar-refractivity contribution in [3.05, 3.63) is 53.0 Å². The summed E-state index contributed by atoms with van der Waals surface area (Å²) in [6.07, 6.45) is 3.85. The van der Waals surface area contributed by atoms with Gasteiger partial charge >= 0.3 is 0 Å². The molecule has 2 amide bonds. The molecule has 1 aliphatic rings. The Morgan fingerprint density at radius 3 is 2.53 bits per heavy atom. The minimum absolute atomic E-state index is 0.0309. The van der Waals surface area contributed by atoms with Crippen molar-refractivity contribution in [2.45, 2.75) is 52.5 Å². The van der Waals surface area contributed by atoms with Crippen LogP contribution in [0.15, 0.2) is 41.8 Å². The van der Waals surface area contributed by atoms with E-state index in [0.29, 0.717) is 25.2 Å². The second kappa shape index (κ2) is 12.7. The van der Waals surface area contributed by atoms with E-state index in [1.807, 2.05) is 74.3 Å². The number of aromatic nitrogens is 1. The molecule has 38 heavy (non-hydrogen) atoms. The third-order valence-electron chi connectivity index (χ3n) is 7.58. The third-order valence-corrected chi connectivity index (χ3v) is 8.44. The number of amides is 2. The van der Waals surface area contributed by atoms with Gasteiger partial charge in [-0.15, -0.1) is 11.3 Å². The van der Waals surface area contributed by atoms with Crippen molar-refractivity contribution in [2.24, 2.45) is 11.8 Å². The summed E-state index contributed by atoms with van der Waals surface area (Å²) in [4.78, 5) is 43.3. The number of thiophene rings is 1. The molecule has 0 radical (unpaired) electrons. The largest absolute Gasteiger partial charge is 0.355 e. The fourth-order valence-electron chi connectivity index (χ4n) is 5.44. The van der Waals surface area contributed by atoms with Crippen molar-refractivity contribution in [3.63, 3.8) is 0 Å². The fraction of sp³-hybridized carbons (Fsp3) is 0.500. The van der Waals surface area contributed by atoms with E-state index in [1.165, 1.54) is 0 Å². The highest BCUT2D eigenvalue weighted by atomic mass is 32.1. The molecule has 1 N–H and O–H groups in total. The molecule has 4 rings (SSSR count). The maximum Gasteiger partial charge on any atom is 0.246 e. The van der Waals surface area contributed by atoms with Gasteiger partial charge in [-0.1, -0.05) is 12.1 Å². The molecule has 0 unspecified atom stereocenters. The van der Waals surface area contributed by atoms with Crippen LogP contribution in [-0.4, -0.2) is 60.8 Å². The molecular formula is C30H40N4O3S. The summed E-state index contributed by atoms with van der Waals surface area (Å²) < 4.78 is 2.93. The van der Waals surface area contributed by atoms with E-state index in [2.05, 4.69) is 10.2 Å². The molecule has 2 aromatic heterocycles. The average molecular weight is 537 g/mol. The summed E-state index contributed by atoms with van der Waals surface area (Å²) in [5.74, 6) is 0.496. The van der Waals surface area contributed by atoms with Crippen LogP contribution in [0.3, 0.4) is 0 Å². The smallest absolute Gasteiger partial charge is 0.246 e. The Morgan fingerprint density at radius 2 is 1.84 bits per heavy atom. The molecule has 1 aliphatic carbocycles. The number of carbonyl (C=O) groups excluding carboxylic acids is 3. The van der Waals surface area contributed by atoms with Gasteiger partial charge in [-0.25, -0.2) is 0 Å². The van der Waals surface area contributed by atoms with E-state index in [0.717, 1.165) is 53.7 Å². The van der Waals surface area contributed by atoms with E-state index < -0.39 is 0 Å². The van der Waals surface area contributed by atoms with E-state index in [-0.39, 0.29) is 36.0 Å². The van der Waals surface area contributed by atoms with Crippen LogP contribution >= 0.6 is 11.3 Å². The number of rotatable bonds is 11. The molecule has 0 atom stereocenters. The van der Waals surface area contributed by atoms with Crippen molar-refractivity contribution in [1.82, 2.24) is 14.8 Å². The molecule has 8 heteroatoms. The monoisotopic (exact) mass is 536 g/mol. The molecule has 0 saturated heterocycles. The van der Waals surface area contributed by atoms with Crippen LogP contribution in [0.4, 0.5) is 5.69 Å². The Bertz CT molecular complexity index is 1270. The van der Waals surface area contributed by atoms with Crippen molar-refractivity contribution in [3.8, 4) is 0 Å². The van der Waals surface area contributed by atoms with Gasteiger partial charge in [-0.2, -0.15) is 0 Å². The van der Waals surface area contributed by atoms with Crippen LogP contribution in [0.25, 0.3) is 10.2 Å². The lowest BCUT2D eigenvalue weighted by Gasteiger charge is -2.27. The van der Waals surface area contributed by atoms with Crippen LogP contribution in [0.1, 0.15) is 55.1 Å². The SMILES string of the molecule is CCN(C(=O)Cn1c(C(=O)CC2CCC(C(=O)NCCN(C)C)CC2)cc2sccc21)c1cccc(C)c1. The molecule has 0 aliphatic heterocycles. The number of fused-ring (bicyclic) bond motifs is 1. The number of nitrogens with zero attached hydrogens (tertiary/aromatic N) is 3. The van der Waals surface area contributed by atoms with Gasteiger partial charge in [0.2, 0.25) is 11.8 Å². The lowest BCUT2D eigenvalue weighted by atomic mass is 9.79. The summed E-state index contributed by atoms with van der Waals surface area (Å²) >= 11 is 1.59. The molecule has 7 nitrogen and oxygen atoms in total. The number of hydrogen-bond donors (Lipinski definition) is 1. The van der Waals surface area contributed by atoms with Gasteiger partial charge in [0.25, 0.3) is 0 Å². The summed E-state index contributed by atoms with van der Waals surface area (Å²) in [5.41, 5.74) is 3.53. The normalized spacial score (nSPS) is 17.6. The summed E-state index contributed by atoms with van der Waals surface area (Å²) in [5, 5.41) is 5.05. The first kappa shape index (κ1) is 28.0. The first-order valence-electron chi connectivity index (χ1n) is 13.7. The zero-order chi connectivity index (χ0) is 27.2. The molecule has 3 aromatic rings. The number of benzene rings is 1. The lowest BCUT2D eigenvalue weighted by molar-refractivity contribution is -0.126. The Morgan fingerprint density at radius 1 is 1.08 bits per heavy atom. The Kier molecular flexibility index (Phi) is 9.39. The number of hydrogen-bond acceptors (Lipinski definition) is 5. The molecule has 1 aromatic carbocycles. The molecule has 204 valence electrons. The predicted octanol–water partition coefficient (Wildman–Crippen LogP) is 5.12. The lowest BCUT2D eigenvalue weighted by Crippen LogP contribution is -2.37. The Labute approximate surface area is 229 Å². The highest BCUT2D eigenvalue weighted by Gasteiger charge is 2.29. The van der Waals surface area contributed by atoms with E-state index in [4.69, 9.17) is 0 Å². The first-order chi connectivity index (χ1) is 18.3. The van der Waals surface area contributed by atoms with Crippen LogP contribution < -0.4 is 10.2 Å². The number of carbonyl (C=O) groups is 3. The molecule has 0 spiro atoms. The third kappa shape index (κ3) is 6.72. The van der Waals surface area contributed by atoms with Crippen molar-refractivity contribution >= 4 is 44.8 Å². The van der Waals surface area contributed by atoms with Gasteiger partial charge in [0, 0.05) is 37.7 Å². The van der Waals surface area contributed by atoms with Gasteiger partial charge in [0.1, 0.15) is 6.54 Å². The first-order valence-corrected chi connectivity index (χ1v) is 14.5. The van der Waals surface area contributed by atoms with Gasteiger partial charge in [-0.05, 0) is 94.8 Å². The van der Waals surface area contributed by atoms with Crippen LogP contribution in [0.2, 0.25) is 0 Å². The quantitative estimate of drug-likeness (QED) is 0.345.